The van der Waals surface area contributed by atoms with Crippen LogP contribution in [0.1, 0.15) is 22.3 Å². The molecule has 4 rings (SSSR count). The fourth-order valence-electron chi connectivity index (χ4n) is 3.50. The van der Waals surface area contributed by atoms with Crippen LogP contribution >= 0.6 is 0 Å². The first-order chi connectivity index (χ1) is 14.8. The van der Waals surface area contributed by atoms with Crippen molar-refractivity contribution < 1.29 is 0 Å². The molecule has 0 aliphatic rings. The van der Waals surface area contributed by atoms with Crippen molar-refractivity contribution in [1.82, 2.24) is 0 Å². The zero-order chi connectivity index (χ0) is 20.8. The molecule has 0 aliphatic carbocycles. The summed E-state index contributed by atoms with van der Waals surface area (Å²) in [6.45, 7) is 0. The van der Waals surface area contributed by atoms with E-state index < -0.39 is 0 Å². The van der Waals surface area contributed by atoms with Gasteiger partial charge >= 0.3 is 0 Å². The molecule has 0 aromatic heterocycles. The monoisotopic (exact) mass is 382 g/mol. The molecular weight excluding hydrogens is 364 g/mol. The van der Waals surface area contributed by atoms with Gasteiger partial charge in [0.2, 0.25) is 0 Å². The molecule has 0 aliphatic heterocycles. The molecule has 0 spiro atoms. The predicted octanol–water partition coefficient (Wildman–Crippen LogP) is 6.97. The molecule has 30 heavy (non-hydrogen) atoms. The second-order valence-electron chi connectivity index (χ2n) is 6.86. The van der Waals surface area contributed by atoms with Crippen molar-refractivity contribution >= 4 is 34.1 Å². The van der Waals surface area contributed by atoms with Crippen molar-refractivity contribution in [2.45, 2.75) is 0 Å². The van der Waals surface area contributed by atoms with Gasteiger partial charge < -0.3 is 0 Å². The number of fused-ring (bicyclic) bond motifs is 1. The first-order valence-corrected chi connectivity index (χ1v) is 9.66. The molecule has 0 saturated heterocycles. The topological polar surface area (TPSA) is 47.6 Å². The van der Waals surface area contributed by atoms with Crippen molar-refractivity contribution in [3.05, 3.63) is 119 Å². The van der Waals surface area contributed by atoms with E-state index in [2.05, 4.69) is 12.1 Å². The molecule has 4 aromatic rings. The fourth-order valence-corrected chi connectivity index (χ4v) is 3.50. The molecule has 0 bridgehead atoms. The van der Waals surface area contributed by atoms with Crippen LogP contribution in [0.15, 0.2) is 97.1 Å². The fraction of sp³-hybridized carbons (Fsp3) is 0. The number of hydrogen-bond donors (Lipinski definition) is 0. The second-order valence-corrected chi connectivity index (χ2v) is 6.86. The molecule has 0 radical (unpaired) electrons. The summed E-state index contributed by atoms with van der Waals surface area (Å²) in [7, 11) is 0. The zero-order valence-electron chi connectivity index (χ0n) is 16.3. The lowest BCUT2D eigenvalue weighted by atomic mass is 9.95. The Kier molecular flexibility index (Phi) is 5.52. The van der Waals surface area contributed by atoms with E-state index in [1.54, 1.807) is 0 Å². The molecule has 0 unspecified atom stereocenters. The van der Waals surface area contributed by atoms with Gasteiger partial charge in [-0.3, -0.25) is 0 Å². The Labute approximate surface area is 176 Å². The number of benzene rings is 4. The van der Waals surface area contributed by atoms with Crippen LogP contribution in [0, 0.1) is 22.7 Å². The SMILES string of the molecule is N#C/C(=C\c1ccc(/C=C(\C#N)c2ccccc2)c2ccccc12)c1ccccc1. The van der Waals surface area contributed by atoms with Gasteiger partial charge in [-0.15, -0.1) is 0 Å². The Hall–Kier alpha value is -4.40. The van der Waals surface area contributed by atoms with Crippen LogP contribution in [0.25, 0.3) is 34.1 Å². The van der Waals surface area contributed by atoms with Crippen molar-refractivity contribution in [2.24, 2.45) is 0 Å². The average molecular weight is 382 g/mol. The molecule has 140 valence electrons. The van der Waals surface area contributed by atoms with E-state index in [1.807, 2.05) is 109 Å². The third kappa shape index (κ3) is 3.90. The molecule has 4 aromatic carbocycles. The summed E-state index contributed by atoms with van der Waals surface area (Å²) in [5, 5.41) is 21.4. The van der Waals surface area contributed by atoms with E-state index >= 15 is 0 Å². The Morgan fingerprint density at radius 1 is 0.500 bits per heavy atom. The number of hydrogen-bond acceptors (Lipinski definition) is 2. The Balaban J connectivity index is 1.86. The largest absolute Gasteiger partial charge is 0.192 e. The quantitative estimate of drug-likeness (QED) is 0.283. The lowest BCUT2D eigenvalue weighted by Crippen LogP contribution is -1.87. The van der Waals surface area contributed by atoms with Gasteiger partial charge in [0.05, 0.1) is 23.3 Å². The minimum Gasteiger partial charge on any atom is -0.192 e. The summed E-state index contributed by atoms with van der Waals surface area (Å²) < 4.78 is 0. The summed E-state index contributed by atoms with van der Waals surface area (Å²) in [5.41, 5.74) is 4.97. The summed E-state index contributed by atoms with van der Waals surface area (Å²) in [6, 6.07) is 36.1. The highest BCUT2D eigenvalue weighted by Gasteiger charge is 2.07. The second kappa shape index (κ2) is 8.74. The third-order valence-corrected chi connectivity index (χ3v) is 5.00. The number of allylic oxidation sites excluding steroid dienone is 2. The van der Waals surface area contributed by atoms with E-state index in [9.17, 15) is 10.5 Å². The summed E-state index contributed by atoms with van der Waals surface area (Å²) in [4.78, 5) is 0. The van der Waals surface area contributed by atoms with E-state index in [1.165, 1.54) is 0 Å². The molecule has 2 heteroatoms. The van der Waals surface area contributed by atoms with Crippen LogP contribution in [0.4, 0.5) is 0 Å². The van der Waals surface area contributed by atoms with E-state index in [4.69, 9.17) is 0 Å². The third-order valence-electron chi connectivity index (χ3n) is 5.00. The van der Waals surface area contributed by atoms with Crippen molar-refractivity contribution in [1.29, 1.82) is 10.5 Å². The van der Waals surface area contributed by atoms with Gasteiger partial charge in [0.1, 0.15) is 0 Å². The highest BCUT2D eigenvalue weighted by atomic mass is 14.3. The number of nitriles is 2. The molecule has 0 amide bonds. The zero-order valence-corrected chi connectivity index (χ0v) is 16.3. The molecular formula is C28H18N2. The van der Waals surface area contributed by atoms with Crippen LogP contribution in [-0.2, 0) is 0 Å². The van der Waals surface area contributed by atoms with E-state index in [-0.39, 0.29) is 0 Å². The standard InChI is InChI=1S/C28H18N2/c29-19-25(21-9-3-1-4-10-21)17-23-15-16-24(28-14-8-7-13-27(23)28)18-26(20-30)22-11-5-2-6-12-22/h1-18H/b25-17+,26-18+. The van der Waals surface area contributed by atoms with Crippen molar-refractivity contribution in [2.75, 3.05) is 0 Å². The lowest BCUT2D eigenvalue weighted by molar-refractivity contribution is 1.52. The van der Waals surface area contributed by atoms with E-state index in [0.717, 1.165) is 33.0 Å². The van der Waals surface area contributed by atoms with Gasteiger partial charge in [-0.25, -0.2) is 0 Å². The Morgan fingerprint density at radius 3 is 1.23 bits per heavy atom. The van der Waals surface area contributed by atoms with Crippen LogP contribution < -0.4 is 0 Å². The highest BCUT2D eigenvalue weighted by molar-refractivity contribution is 6.03. The summed E-state index contributed by atoms with van der Waals surface area (Å²) in [5.74, 6) is 0. The molecule has 2 nitrogen and oxygen atoms in total. The van der Waals surface area contributed by atoms with Crippen molar-refractivity contribution in [3.63, 3.8) is 0 Å². The van der Waals surface area contributed by atoms with Gasteiger partial charge in [0, 0.05) is 0 Å². The normalized spacial score (nSPS) is 11.7. The molecule has 0 atom stereocenters. The van der Waals surface area contributed by atoms with Crippen molar-refractivity contribution in [3.8, 4) is 12.1 Å². The molecule has 0 heterocycles. The lowest BCUT2D eigenvalue weighted by Gasteiger charge is -2.08. The average Bonchev–Trinajstić information content (AvgIpc) is 2.82. The Bertz CT molecular complexity index is 1230. The van der Waals surface area contributed by atoms with Gasteiger partial charge in [0.15, 0.2) is 0 Å². The van der Waals surface area contributed by atoms with Gasteiger partial charge in [-0.1, -0.05) is 97.1 Å². The summed E-state index contributed by atoms with van der Waals surface area (Å²) >= 11 is 0. The van der Waals surface area contributed by atoms with Crippen LogP contribution in [0.2, 0.25) is 0 Å². The minimum atomic E-state index is 0.617. The smallest absolute Gasteiger partial charge is 0.0998 e. The van der Waals surface area contributed by atoms with Gasteiger partial charge in [0.25, 0.3) is 0 Å². The molecule has 0 fully saturated rings. The van der Waals surface area contributed by atoms with Crippen LogP contribution in [0.3, 0.4) is 0 Å². The number of rotatable bonds is 4. The number of nitrogens with zero attached hydrogens (tertiary/aromatic N) is 2. The Morgan fingerprint density at radius 2 is 0.867 bits per heavy atom. The maximum absolute atomic E-state index is 9.68. The van der Waals surface area contributed by atoms with E-state index in [0.29, 0.717) is 11.1 Å². The molecule has 0 N–H and O–H groups in total. The minimum absolute atomic E-state index is 0.617. The molecule has 0 saturated carbocycles. The maximum Gasteiger partial charge on any atom is 0.0998 e. The first kappa shape index (κ1) is 18.9. The van der Waals surface area contributed by atoms with Gasteiger partial charge in [-0.2, -0.15) is 10.5 Å². The van der Waals surface area contributed by atoms with Gasteiger partial charge in [-0.05, 0) is 45.2 Å². The van der Waals surface area contributed by atoms with Crippen LogP contribution in [-0.4, -0.2) is 0 Å². The summed E-state index contributed by atoms with van der Waals surface area (Å²) in [6.07, 6.45) is 3.85. The highest BCUT2D eigenvalue weighted by Crippen LogP contribution is 2.29. The first-order valence-electron chi connectivity index (χ1n) is 9.66. The predicted molar refractivity (Wildman–Crippen MR) is 124 cm³/mol. The van der Waals surface area contributed by atoms with Crippen LogP contribution in [0.5, 0.6) is 0 Å². The maximum atomic E-state index is 9.68.